The predicted octanol–water partition coefficient (Wildman–Crippen LogP) is 8.62. The molecule has 0 saturated heterocycles. The van der Waals surface area contributed by atoms with Gasteiger partial charge >= 0.3 is 12.1 Å². The molecule has 2 aromatic carbocycles. The Morgan fingerprint density at radius 3 is 1.49 bits per heavy atom. The van der Waals surface area contributed by atoms with Gasteiger partial charge < -0.3 is 40.7 Å². The molecule has 4 aromatic rings. The Kier molecular flexibility index (Phi) is 16.8. The van der Waals surface area contributed by atoms with Crippen molar-refractivity contribution in [2.45, 2.75) is 90.4 Å². The third kappa shape index (κ3) is 13.7. The first-order valence-electron chi connectivity index (χ1n) is 18.1. The van der Waals surface area contributed by atoms with E-state index in [1.807, 2.05) is 96.4 Å². The van der Waals surface area contributed by atoms with E-state index in [0.717, 1.165) is 69.2 Å². The van der Waals surface area contributed by atoms with Crippen LogP contribution >= 0.6 is 22.6 Å². The zero-order chi connectivity index (χ0) is 38.0. The number of anilines is 2. The summed E-state index contributed by atoms with van der Waals surface area (Å²) in [5.41, 5.74) is 12.6. The molecule has 2 aliphatic rings. The summed E-state index contributed by atoms with van der Waals surface area (Å²) in [5, 5.41) is 6.02. The van der Waals surface area contributed by atoms with Crippen molar-refractivity contribution in [2.24, 2.45) is 11.5 Å². The maximum Gasteiger partial charge on any atom is 0.322 e. The lowest BCUT2D eigenvalue weighted by Gasteiger charge is -2.28. The molecular formula is C42H51IN6O4. The highest BCUT2D eigenvalue weighted by Crippen LogP contribution is 2.28. The number of furan rings is 2. The summed E-state index contributed by atoms with van der Waals surface area (Å²) in [5.74, 6) is 11.4. The van der Waals surface area contributed by atoms with Gasteiger partial charge in [0.15, 0.2) is 0 Å². The topological polar surface area (TPSA) is 143 Å². The molecule has 0 aliphatic heterocycles. The first kappa shape index (κ1) is 41.1. The summed E-state index contributed by atoms with van der Waals surface area (Å²) in [7, 11) is 0. The van der Waals surface area contributed by atoms with E-state index in [1.165, 1.54) is 25.7 Å². The number of nitrogens with one attached hydrogen (secondary N) is 2. The third-order valence-corrected chi connectivity index (χ3v) is 9.70. The summed E-state index contributed by atoms with van der Waals surface area (Å²) in [6.45, 7) is 5.54. The van der Waals surface area contributed by atoms with Crippen LogP contribution in [0.4, 0.5) is 21.0 Å². The van der Waals surface area contributed by atoms with Gasteiger partial charge in [-0.05, 0) is 135 Å². The van der Waals surface area contributed by atoms with E-state index in [0.29, 0.717) is 32.2 Å². The Hall–Kier alpha value is -4.69. The summed E-state index contributed by atoms with van der Waals surface area (Å²) in [6, 6.07) is 23.5. The normalized spacial score (nSPS) is 13.7. The average molecular weight is 831 g/mol. The Bertz CT molecular complexity index is 1820. The highest BCUT2D eigenvalue weighted by Gasteiger charge is 2.29. The quantitative estimate of drug-likeness (QED) is 0.104. The second-order valence-corrected chi connectivity index (χ2v) is 14.3. The van der Waals surface area contributed by atoms with Crippen molar-refractivity contribution in [3.05, 3.63) is 105 Å². The molecule has 2 saturated carbocycles. The highest BCUT2D eigenvalue weighted by molar-refractivity contribution is 14.1. The standard InChI is InChI=1S/C21H25N3O2.C18H21IN2O2.C3H5N/c1-16-8-13-20(26-16)15-24(19-6-2-3-7-19)21(25)23-18-11-9-17(10-12-18)5-4-14-22;1-13-6-11-17(23-13)12-21(16-4-2-3-5-16)18(22)20-15-9-7-14(19)8-10-15;1-2-3-4/h8-13,19H,2-3,6-7,14-15,22H2,1H3,(H,23,25);6-11,16H,2-5,12H2,1H3,(H,20,22);1H,3-4H2. The van der Waals surface area contributed by atoms with Crippen molar-refractivity contribution in [2.75, 3.05) is 23.7 Å². The Morgan fingerprint density at radius 1 is 0.717 bits per heavy atom. The van der Waals surface area contributed by atoms with Gasteiger partial charge in [-0.1, -0.05) is 43.4 Å². The second kappa shape index (κ2) is 21.7. The number of hydrogen-bond donors (Lipinski definition) is 4. The highest BCUT2D eigenvalue weighted by atomic mass is 127. The van der Waals surface area contributed by atoms with Gasteiger partial charge in [0, 0.05) is 32.6 Å². The first-order chi connectivity index (χ1) is 25.7. The zero-order valence-electron chi connectivity index (χ0n) is 30.7. The van der Waals surface area contributed by atoms with E-state index in [-0.39, 0.29) is 18.1 Å². The molecule has 53 heavy (non-hydrogen) atoms. The number of aryl methyl sites for hydroxylation is 2. The van der Waals surface area contributed by atoms with Gasteiger partial charge in [-0.2, -0.15) is 0 Å². The molecule has 0 spiro atoms. The second-order valence-electron chi connectivity index (χ2n) is 13.0. The van der Waals surface area contributed by atoms with Gasteiger partial charge in [0.25, 0.3) is 0 Å². The fourth-order valence-corrected chi connectivity index (χ4v) is 6.71. The molecule has 6 rings (SSSR count). The number of urea groups is 2. The number of amides is 4. The van der Waals surface area contributed by atoms with E-state index in [1.54, 1.807) is 0 Å². The van der Waals surface area contributed by atoms with Crippen molar-refractivity contribution in [3.63, 3.8) is 0 Å². The van der Waals surface area contributed by atoms with Crippen molar-refractivity contribution in [1.82, 2.24) is 9.80 Å². The van der Waals surface area contributed by atoms with Gasteiger partial charge in [-0.15, -0.1) is 6.42 Å². The number of terminal acetylenes is 1. The van der Waals surface area contributed by atoms with Crippen LogP contribution in [0.25, 0.3) is 0 Å². The van der Waals surface area contributed by atoms with Gasteiger partial charge in [0.1, 0.15) is 23.0 Å². The first-order valence-corrected chi connectivity index (χ1v) is 19.2. The number of nitrogens with zero attached hydrogens (tertiary/aromatic N) is 2. The van der Waals surface area contributed by atoms with Crippen LogP contribution in [-0.2, 0) is 13.1 Å². The van der Waals surface area contributed by atoms with Crippen LogP contribution in [0.3, 0.4) is 0 Å². The van der Waals surface area contributed by atoms with Crippen molar-refractivity contribution < 1.29 is 18.4 Å². The molecule has 2 fully saturated rings. The van der Waals surface area contributed by atoms with E-state index in [4.69, 9.17) is 20.3 Å². The van der Waals surface area contributed by atoms with E-state index >= 15 is 0 Å². The fraction of sp³-hybridized carbons (Fsp3) is 0.381. The number of nitrogens with two attached hydrogens (primary N) is 2. The van der Waals surface area contributed by atoms with Crippen LogP contribution in [0, 0.1) is 41.6 Å². The third-order valence-electron chi connectivity index (χ3n) is 8.98. The minimum atomic E-state index is -0.0910. The molecule has 6 N–H and O–H groups in total. The van der Waals surface area contributed by atoms with E-state index in [2.05, 4.69) is 57.4 Å². The molecule has 0 bridgehead atoms. The van der Waals surface area contributed by atoms with Gasteiger partial charge in [-0.3, -0.25) is 0 Å². The molecule has 0 atom stereocenters. The summed E-state index contributed by atoms with van der Waals surface area (Å²) >= 11 is 2.26. The minimum absolute atomic E-state index is 0.0489. The number of carbonyl (C=O) groups excluding carboxylic acids is 2. The van der Waals surface area contributed by atoms with Crippen molar-refractivity contribution >= 4 is 46.0 Å². The average Bonchev–Trinajstić information content (AvgIpc) is 4.01. The van der Waals surface area contributed by atoms with E-state index in [9.17, 15) is 9.59 Å². The molecule has 2 aliphatic carbocycles. The molecule has 280 valence electrons. The molecule has 0 unspecified atom stereocenters. The number of rotatable bonds is 8. The Balaban J connectivity index is 0.000000216. The Labute approximate surface area is 327 Å². The SMILES string of the molecule is C#CCN.Cc1ccc(CN(C(=O)Nc2ccc(C#CCN)cc2)C2CCCC2)o1.Cc1ccc(CN(C(=O)Nc2ccc(I)cc2)C2CCCC2)o1. The smallest absolute Gasteiger partial charge is 0.322 e. The van der Waals surface area contributed by atoms with Gasteiger partial charge in [0.05, 0.1) is 26.2 Å². The van der Waals surface area contributed by atoms with Crippen molar-refractivity contribution in [3.8, 4) is 24.2 Å². The molecule has 2 aromatic heterocycles. The van der Waals surface area contributed by atoms with Crippen molar-refractivity contribution in [1.29, 1.82) is 0 Å². The molecule has 10 nitrogen and oxygen atoms in total. The molecule has 4 amide bonds. The lowest BCUT2D eigenvalue weighted by molar-refractivity contribution is 0.177. The van der Waals surface area contributed by atoms with Crippen LogP contribution in [0.15, 0.2) is 81.6 Å². The number of benzene rings is 2. The monoisotopic (exact) mass is 830 g/mol. The summed E-state index contributed by atoms with van der Waals surface area (Å²) in [4.78, 5) is 29.5. The number of carbonyl (C=O) groups is 2. The minimum Gasteiger partial charge on any atom is -0.464 e. The maximum absolute atomic E-state index is 12.9. The van der Waals surface area contributed by atoms with E-state index < -0.39 is 0 Å². The zero-order valence-corrected chi connectivity index (χ0v) is 32.9. The summed E-state index contributed by atoms with van der Waals surface area (Å²) in [6.07, 6.45) is 13.6. The molecular weight excluding hydrogens is 779 g/mol. The molecule has 0 radical (unpaired) electrons. The lowest BCUT2D eigenvalue weighted by atomic mass is 10.2. The van der Waals surface area contributed by atoms with Gasteiger partial charge in [-0.25, -0.2) is 9.59 Å². The van der Waals surface area contributed by atoms with Crippen LogP contribution < -0.4 is 22.1 Å². The number of hydrogen-bond acceptors (Lipinski definition) is 6. The lowest BCUT2D eigenvalue weighted by Crippen LogP contribution is -2.41. The maximum atomic E-state index is 12.9. The van der Waals surface area contributed by atoms with Crippen LogP contribution in [0.2, 0.25) is 0 Å². The fourth-order valence-electron chi connectivity index (χ4n) is 6.36. The molecule has 11 heteroatoms. The van der Waals surface area contributed by atoms with Crippen LogP contribution in [0.1, 0.15) is 80.0 Å². The molecule has 2 heterocycles. The Morgan fingerprint density at radius 2 is 1.13 bits per heavy atom. The van der Waals surface area contributed by atoms with Crippen LogP contribution in [-0.4, -0.2) is 47.0 Å². The van der Waals surface area contributed by atoms with Crippen LogP contribution in [0.5, 0.6) is 0 Å². The predicted molar refractivity (Wildman–Crippen MR) is 220 cm³/mol. The largest absolute Gasteiger partial charge is 0.464 e. The number of halogens is 1. The van der Waals surface area contributed by atoms with Gasteiger partial charge in [0.2, 0.25) is 0 Å². The summed E-state index contributed by atoms with van der Waals surface area (Å²) < 4.78 is 12.5.